The molecule has 8 nitrogen and oxygen atoms in total. The number of benzene rings is 1. The number of pyridine rings is 1. The SMILES string of the molecule is C=C(N(CC1CCOCC1)c1ccc(S(=O)(=O)c2ccc(S(C)(=O)=O)nc2)cc1N)C(C)(C)C. The first-order valence-electron chi connectivity index (χ1n) is 11.1. The molecule has 2 N–H and O–H groups in total. The minimum absolute atomic E-state index is 0.00930. The Bertz CT molecular complexity index is 1260. The van der Waals surface area contributed by atoms with Gasteiger partial charge in [0.2, 0.25) is 9.84 Å². The minimum atomic E-state index is -3.94. The van der Waals surface area contributed by atoms with Crippen LogP contribution < -0.4 is 10.6 Å². The van der Waals surface area contributed by atoms with Crippen LogP contribution in [0.5, 0.6) is 0 Å². The van der Waals surface area contributed by atoms with Gasteiger partial charge in [-0.15, -0.1) is 0 Å². The summed E-state index contributed by atoms with van der Waals surface area (Å²) in [6.07, 6.45) is 3.95. The summed E-state index contributed by atoms with van der Waals surface area (Å²) in [6.45, 7) is 12.7. The standard InChI is InChI=1S/C24H33N3O5S2/c1-17(24(2,3)4)27(16-18-10-12-32-13-11-18)22-8-6-19(14-21(22)25)34(30,31)20-7-9-23(26-15-20)33(5,28)29/h6-9,14-15,18H,1,10-13,16,25H2,2-5H3. The van der Waals surface area contributed by atoms with Gasteiger partial charge in [0.1, 0.15) is 0 Å². The van der Waals surface area contributed by atoms with Gasteiger partial charge >= 0.3 is 0 Å². The Labute approximate surface area is 202 Å². The molecule has 34 heavy (non-hydrogen) atoms. The van der Waals surface area contributed by atoms with E-state index in [0.717, 1.165) is 44.2 Å². The van der Waals surface area contributed by atoms with Gasteiger partial charge in [0.05, 0.1) is 21.2 Å². The second-order valence-corrected chi connectivity index (χ2v) is 13.6. The number of nitrogens with two attached hydrogens (primary N) is 1. The molecular weight excluding hydrogens is 474 g/mol. The van der Waals surface area contributed by atoms with Gasteiger partial charge in [0.25, 0.3) is 0 Å². The lowest BCUT2D eigenvalue weighted by Gasteiger charge is -2.38. The van der Waals surface area contributed by atoms with Crippen molar-refractivity contribution in [3.05, 3.63) is 48.8 Å². The molecule has 0 amide bonds. The van der Waals surface area contributed by atoms with Crippen molar-refractivity contribution in [3.8, 4) is 0 Å². The number of nitrogens with zero attached hydrogens (tertiary/aromatic N) is 2. The van der Waals surface area contributed by atoms with Crippen molar-refractivity contribution in [1.82, 2.24) is 4.98 Å². The Morgan fingerprint density at radius 2 is 1.74 bits per heavy atom. The van der Waals surface area contributed by atoms with Crippen molar-refractivity contribution >= 4 is 31.0 Å². The summed E-state index contributed by atoms with van der Waals surface area (Å²) in [4.78, 5) is 5.79. The largest absolute Gasteiger partial charge is 0.397 e. The van der Waals surface area contributed by atoms with Crippen LogP contribution >= 0.6 is 0 Å². The molecule has 0 unspecified atom stereocenters. The highest BCUT2D eigenvalue weighted by molar-refractivity contribution is 7.91. The number of rotatable bonds is 7. The highest BCUT2D eigenvalue weighted by Crippen LogP contribution is 2.37. The third-order valence-electron chi connectivity index (χ3n) is 5.97. The number of anilines is 2. The summed E-state index contributed by atoms with van der Waals surface area (Å²) in [5, 5.41) is -0.189. The first-order chi connectivity index (χ1) is 15.7. The zero-order valence-corrected chi connectivity index (χ0v) is 21.7. The van der Waals surface area contributed by atoms with Crippen LogP contribution in [0, 0.1) is 11.3 Å². The molecule has 0 aliphatic carbocycles. The van der Waals surface area contributed by atoms with Gasteiger partial charge in [-0.1, -0.05) is 27.4 Å². The molecule has 186 valence electrons. The molecule has 1 aromatic carbocycles. The van der Waals surface area contributed by atoms with E-state index in [1.807, 2.05) is 0 Å². The van der Waals surface area contributed by atoms with Crippen LogP contribution in [0.15, 0.2) is 63.6 Å². The summed E-state index contributed by atoms with van der Waals surface area (Å²) >= 11 is 0. The molecule has 0 saturated carbocycles. The Morgan fingerprint density at radius 3 is 2.24 bits per heavy atom. The maximum absolute atomic E-state index is 13.1. The summed E-state index contributed by atoms with van der Waals surface area (Å²) < 4.78 is 55.0. The summed E-state index contributed by atoms with van der Waals surface area (Å²) in [7, 11) is -7.47. The Morgan fingerprint density at radius 1 is 1.12 bits per heavy atom. The Hall–Kier alpha value is -2.43. The number of allylic oxidation sites excluding steroid dienone is 1. The summed E-state index contributed by atoms with van der Waals surface area (Å²) in [5.74, 6) is 0.412. The lowest BCUT2D eigenvalue weighted by Crippen LogP contribution is -2.36. The third kappa shape index (κ3) is 5.79. The topological polar surface area (TPSA) is 120 Å². The number of hydrogen-bond acceptors (Lipinski definition) is 8. The number of nitrogen functional groups attached to an aromatic ring is 1. The third-order valence-corrected chi connectivity index (χ3v) is 8.71. The molecule has 0 radical (unpaired) electrons. The number of aromatic nitrogens is 1. The van der Waals surface area contributed by atoms with Gasteiger partial charge in [0.15, 0.2) is 14.9 Å². The average molecular weight is 508 g/mol. The van der Waals surface area contributed by atoms with Gasteiger partial charge in [-0.05, 0) is 49.1 Å². The number of ether oxygens (including phenoxy) is 1. The molecular formula is C24H33N3O5S2. The summed E-state index contributed by atoms with van der Waals surface area (Å²) in [6, 6.07) is 7.07. The molecule has 1 aliphatic heterocycles. The maximum atomic E-state index is 13.1. The van der Waals surface area contributed by atoms with Crippen LogP contribution in [0.1, 0.15) is 33.6 Å². The monoisotopic (exact) mass is 507 g/mol. The van der Waals surface area contributed by atoms with E-state index >= 15 is 0 Å². The molecule has 1 aliphatic rings. The second-order valence-electron chi connectivity index (χ2n) is 9.69. The van der Waals surface area contributed by atoms with E-state index in [4.69, 9.17) is 10.5 Å². The van der Waals surface area contributed by atoms with E-state index in [9.17, 15) is 16.8 Å². The predicted molar refractivity (Wildman–Crippen MR) is 133 cm³/mol. The van der Waals surface area contributed by atoms with Crippen LogP contribution in [0.3, 0.4) is 0 Å². The Balaban J connectivity index is 1.96. The molecule has 1 fully saturated rings. The van der Waals surface area contributed by atoms with E-state index < -0.39 is 19.7 Å². The first-order valence-corrected chi connectivity index (χ1v) is 14.4. The Kier molecular flexibility index (Phi) is 7.45. The minimum Gasteiger partial charge on any atom is -0.397 e. The van der Waals surface area contributed by atoms with Gasteiger partial charge in [0, 0.05) is 43.3 Å². The van der Waals surface area contributed by atoms with Crippen LogP contribution in [0.4, 0.5) is 11.4 Å². The zero-order valence-electron chi connectivity index (χ0n) is 20.1. The van der Waals surface area contributed by atoms with Gasteiger partial charge in [-0.3, -0.25) is 0 Å². The maximum Gasteiger partial charge on any atom is 0.208 e. The van der Waals surface area contributed by atoms with Gasteiger partial charge < -0.3 is 15.4 Å². The van der Waals surface area contributed by atoms with Crippen molar-refractivity contribution in [2.45, 2.75) is 48.4 Å². The normalized spacial score (nSPS) is 15.8. The van der Waals surface area contributed by atoms with Crippen LogP contribution in [-0.2, 0) is 24.4 Å². The smallest absolute Gasteiger partial charge is 0.208 e. The van der Waals surface area contributed by atoms with Crippen molar-refractivity contribution in [1.29, 1.82) is 0 Å². The molecule has 0 atom stereocenters. The lowest BCUT2D eigenvalue weighted by molar-refractivity contribution is 0.0684. The second kappa shape index (κ2) is 9.67. The van der Waals surface area contributed by atoms with E-state index in [-0.39, 0.29) is 20.2 Å². The molecule has 0 spiro atoms. The molecule has 3 rings (SSSR count). The summed E-state index contributed by atoms with van der Waals surface area (Å²) in [5.41, 5.74) is 8.10. The molecule has 1 aromatic heterocycles. The number of hydrogen-bond donors (Lipinski definition) is 1. The van der Waals surface area contributed by atoms with Crippen LogP contribution in [-0.4, -0.2) is 47.8 Å². The molecule has 1 saturated heterocycles. The van der Waals surface area contributed by atoms with Crippen LogP contribution in [0.25, 0.3) is 0 Å². The van der Waals surface area contributed by atoms with Gasteiger partial charge in [-0.2, -0.15) is 0 Å². The van der Waals surface area contributed by atoms with Crippen molar-refractivity contribution in [2.24, 2.45) is 11.3 Å². The molecule has 0 bridgehead atoms. The predicted octanol–water partition coefficient (Wildman–Crippen LogP) is 3.69. The van der Waals surface area contributed by atoms with E-state index in [1.54, 1.807) is 6.07 Å². The fourth-order valence-electron chi connectivity index (χ4n) is 3.77. The average Bonchev–Trinajstić information content (AvgIpc) is 2.77. The molecule has 2 aromatic rings. The van der Waals surface area contributed by atoms with Crippen molar-refractivity contribution < 1.29 is 21.6 Å². The molecule has 10 heteroatoms. The first kappa shape index (κ1) is 26.2. The zero-order chi connectivity index (χ0) is 25.3. The van der Waals surface area contributed by atoms with E-state index in [2.05, 4.69) is 37.2 Å². The highest BCUT2D eigenvalue weighted by atomic mass is 32.2. The quantitative estimate of drug-likeness (QED) is 0.564. The van der Waals surface area contributed by atoms with Gasteiger partial charge in [-0.25, -0.2) is 21.8 Å². The van der Waals surface area contributed by atoms with E-state index in [1.165, 1.54) is 24.3 Å². The van der Waals surface area contributed by atoms with Crippen molar-refractivity contribution in [3.63, 3.8) is 0 Å². The number of sulfone groups is 2. The van der Waals surface area contributed by atoms with Crippen LogP contribution in [0.2, 0.25) is 0 Å². The highest BCUT2D eigenvalue weighted by Gasteiger charge is 2.28. The molecule has 2 heterocycles. The lowest BCUT2D eigenvalue weighted by atomic mass is 9.90. The fraction of sp³-hybridized carbons (Fsp3) is 0.458. The van der Waals surface area contributed by atoms with Crippen molar-refractivity contribution in [2.75, 3.05) is 36.6 Å². The van der Waals surface area contributed by atoms with E-state index in [0.29, 0.717) is 23.8 Å². The fourth-order valence-corrected chi connectivity index (χ4v) is 5.57.